The first-order valence-corrected chi connectivity index (χ1v) is 1.50. The van der Waals surface area contributed by atoms with Crippen LogP contribution in [-0.4, -0.2) is 23.2 Å². The number of rotatable bonds is 2. The predicted octanol–water partition coefficient (Wildman–Crippen LogP) is -3.63. The summed E-state index contributed by atoms with van der Waals surface area (Å²) in [5.74, 6) is 0. The molecule has 0 unspecified atom stereocenters. The average Bonchev–Trinajstić information content (AvgIpc) is 1.35. The van der Waals surface area contributed by atoms with Crippen molar-refractivity contribution in [3.05, 3.63) is 10.1 Å². The molecule has 7 heavy (non-hydrogen) atoms. The van der Waals surface area contributed by atoms with E-state index >= 15 is 0 Å². The molecule has 0 aliphatic heterocycles. The molecule has 0 spiro atoms. The van der Waals surface area contributed by atoms with Gasteiger partial charge in [0, 0.05) is 4.92 Å². The Hall–Kier alpha value is 0.360. The molecule has 0 saturated heterocycles. The molecule has 0 atom stereocenters. The number of hydrogen-bond acceptors (Lipinski definition) is 3. The molecule has 0 aliphatic carbocycles. The van der Waals surface area contributed by atoms with E-state index in [0.29, 0.717) is 0 Å². The van der Waals surface area contributed by atoms with E-state index in [-0.39, 0.29) is 44.1 Å². The van der Waals surface area contributed by atoms with Gasteiger partial charge in [0.2, 0.25) is 6.54 Å². The summed E-state index contributed by atoms with van der Waals surface area (Å²) in [4.78, 5) is 8.68. The number of aliphatic hydroxyl groups excluding tert-OH is 1. The maximum atomic E-state index is 9.24. The van der Waals surface area contributed by atoms with Crippen molar-refractivity contribution >= 4 is 0 Å². The van der Waals surface area contributed by atoms with Crippen LogP contribution in [0.5, 0.6) is 0 Å². The van der Waals surface area contributed by atoms with Crippen LogP contribution in [0, 0.1) is 10.1 Å². The number of hydrogen-bond donors (Lipinski definition) is 1. The van der Waals surface area contributed by atoms with Gasteiger partial charge in [-0.25, -0.2) is 0 Å². The van der Waals surface area contributed by atoms with Crippen LogP contribution in [0.15, 0.2) is 0 Å². The summed E-state index contributed by atoms with van der Waals surface area (Å²) in [5.41, 5.74) is 0. The fraction of sp³-hybridized carbons (Fsp3) is 1.00. The zero-order chi connectivity index (χ0) is 4.99. The first-order chi connectivity index (χ1) is 2.77. The van der Waals surface area contributed by atoms with Gasteiger partial charge in [-0.2, -0.15) is 0 Å². The van der Waals surface area contributed by atoms with Crippen molar-refractivity contribution in [3.8, 4) is 0 Å². The molecule has 0 saturated carbocycles. The molecule has 0 rings (SSSR count). The molecule has 0 aromatic heterocycles. The maximum Gasteiger partial charge on any atom is 1.00 e. The van der Waals surface area contributed by atoms with Gasteiger partial charge in [-0.1, -0.05) is 0 Å². The second kappa shape index (κ2) is 6.36. The third-order valence-corrected chi connectivity index (χ3v) is 0.283. The minimum Gasteiger partial charge on any atom is -1.00 e. The molecule has 0 amide bonds. The summed E-state index contributed by atoms with van der Waals surface area (Å²) < 4.78 is 0. The van der Waals surface area contributed by atoms with E-state index in [1.165, 1.54) is 0 Å². The molecular formula is C2H6NNaO3. The molecule has 0 aromatic rings. The molecule has 1 N–H and O–H groups in total. The molecule has 0 bridgehead atoms. The summed E-state index contributed by atoms with van der Waals surface area (Å²) in [6.07, 6.45) is 0. The van der Waals surface area contributed by atoms with Gasteiger partial charge in [-0.3, -0.25) is 10.1 Å². The van der Waals surface area contributed by atoms with Crippen LogP contribution in [0.2, 0.25) is 0 Å². The van der Waals surface area contributed by atoms with Gasteiger partial charge in [-0.15, -0.1) is 0 Å². The van der Waals surface area contributed by atoms with E-state index in [9.17, 15) is 10.1 Å². The molecular weight excluding hydrogens is 109 g/mol. The summed E-state index contributed by atoms with van der Waals surface area (Å²) in [5, 5.41) is 17.0. The Morgan fingerprint density at radius 2 is 2.29 bits per heavy atom. The Kier molecular flexibility index (Phi) is 9.42. The summed E-state index contributed by atoms with van der Waals surface area (Å²) in [6, 6.07) is 0. The Bertz CT molecular complexity index is 61.2. The molecule has 38 valence electrons. The Morgan fingerprint density at radius 3 is 2.29 bits per heavy atom. The van der Waals surface area contributed by atoms with Crippen LogP contribution in [-0.2, 0) is 0 Å². The van der Waals surface area contributed by atoms with Gasteiger partial charge >= 0.3 is 29.6 Å². The van der Waals surface area contributed by atoms with Gasteiger partial charge in [0.25, 0.3) is 0 Å². The summed E-state index contributed by atoms with van der Waals surface area (Å²) >= 11 is 0. The minimum absolute atomic E-state index is 0. The Labute approximate surface area is 64.4 Å². The van der Waals surface area contributed by atoms with Gasteiger partial charge in [-0.05, 0) is 0 Å². The van der Waals surface area contributed by atoms with E-state index in [4.69, 9.17) is 5.11 Å². The zero-order valence-electron chi connectivity index (χ0n) is 5.13. The molecule has 0 fully saturated rings. The summed E-state index contributed by atoms with van der Waals surface area (Å²) in [7, 11) is 0. The quantitative estimate of drug-likeness (QED) is 0.229. The van der Waals surface area contributed by atoms with E-state index in [0.717, 1.165) is 0 Å². The van der Waals surface area contributed by atoms with Crippen molar-refractivity contribution in [3.63, 3.8) is 0 Å². The topological polar surface area (TPSA) is 63.4 Å². The monoisotopic (exact) mass is 115 g/mol. The molecule has 0 heterocycles. The fourth-order valence-electron chi connectivity index (χ4n) is 0.0816. The van der Waals surface area contributed by atoms with Crippen molar-refractivity contribution in [1.82, 2.24) is 0 Å². The second-order valence-corrected chi connectivity index (χ2v) is 0.780. The Morgan fingerprint density at radius 1 is 1.86 bits per heavy atom. The predicted molar refractivity (Wildman–Crippen MR) is 20.1 cm³/mol. The second-order valence-electron chi connectivity index (χ2n) is 0.780. The van der Waals surface area contributed by atoms with E-state index in [1.54, 1.807) is 0 Å². The van der Waals surface area contributed by atoms with Crippen molar-refractivity contribution in [2.45, 2.75) is 0 Å². The maximum absolute atomic E-state index is 9.24. The van der Waals surface area contributed by atoms with Gasteiger partial charge in [0.1, 0.15) is 6.61 Å². The third-order valence-electron chi connectivity index (χ3n) is 0.283. The van der Waals surface area contributed by atoms with Crippen molar-refractivity contribution < 1.29 is 41.0 Å². The van der Waals surface area contributed by atoms with Gasteiger partial charge < -0.3 is 6.53 Å². The third kappa shape index (κ3) is 10.7. The molecule has 0 aliphatic rings. The largest absolute Gasteiger partial charge is 1.00 e. The van der Waals surface area contributed by atoms with Crippen molar-refractivity contribution in [2.75, 3.05) is 13.2 Å². The van der Waals surface area contributed by atoms with Crippen LogP contribution >= 0.6 is 0 Å². The van der Waals surface area contributed by atoms with E-state index in [1.807, 2.05) is 0 Å². The van der Waals surface area contributed by atoms with Crippen LogP contribution in [0.4, 0.5) is 0 Å². The standard InChI is InChI=1S/C2H5NO3.Na.H/c4-2-1-3(5)6;;/h4H,1-2H2;;/q;+1;-1. The van der Waals surface area contributed by atoms with Gasteiger partial charge in [0.05, 0.1) is 0 Å². The molecule has 0 radical (unpaired) electrons. The first kappa shape index (κ1) is 10.4. The van der Waals surface area contributed by atoms with Crippen LogP contribution in [0.1, 0.15) is 1.43 Å². The smallest absolute Gasteiger partial charge is 1.00 e. The number of nitrogens with zero attached hydrogens (tertiary/aromatic N) is 1. The van der Waals surface area contributed by atoms with Crippen molar-refractivity contribution in [2.24, 2.45) is 0 Å². The normalized spacial score (nSPS) is 7.00. The van der Waals surface area contributed by atoms with Crippen molar-refractivity contribution in [1.29, 1.82) is 0 Å². The number of nitro groups is 1. The average molecular weight is 115 g/mol. The first-order valence-electron chi connectivity index (χ1n) is 1.50. The fourth-order valence-corrected chi connectivity index (χ4v) is 0.0816. The minimum atomic E-state index is -0.569. The SMILES string of the molecule is O=[N+]([O-])CCO.[H-].[Na+]. The molecule has 5 heteroatoms. The summed E-state index contributed by atoms with van der Waals surface area (Å²) in [6.45, 7) is -0.715. The van der Waals surface area contributed by atoms with Crippen LogP contribution in [0.25, 0.3) is 0 Å². The Balaban J connectivity index is -0.000000125. The van der Waals surface area contributed by atoms with Crippen LogP contribution in [0.3, 0.4) is 0 Å². The zero-order valence-corrected chi connectivity index (χ0v) is 6.13. The van der Waals surface area contributed by atoms with Gasteiger partial charge in [0.15, 0.2) is 0 Å². The van der Waals surface area contributed by atoms with Crippen LogP contribution < -0.4 is 29.6 Å². The molecule has 0 aromatic carbocycles. The van der Waals surface area contributed by atoms with E-state index in [2.05, 4.69) is 0 Å². The molecule has 4 nitrogen and oxygen atoms in total. The van der Waals surface area contributed by atoms with E-state index < -0.39 is 4.92 Å². The number of aliphatic hydroxyl groups is 1.